The molecule has 4 amide bonds. The van der Waals surface area contributed by atoms with Gasteiger partial charge in [-0.2, -0.15) is 0 Å². The van der Waals surface area contributed by atoms with Gasteiger partial charge in [-0.1, -0.05) is 18.2 Å². The Kier molecular flexibility index (Phi) is 4.42. The molecule has 0 unspecified atom stereocenters. The van der Waals surface area contributed by atoms with E-state index < -0.39 is 29.5 Å². The van der Waals surface area contributed by atoms with E-state index in [1.165, 1.54) is 6.07 Å². The lowest BCUT2D eigenvalue weighted by molar-refractivity contribution is -0.125. The number of amides is 4. The predicted octanol–water partition coefficient (Wildman–Crippen LogP) is 2.27. The molecular formula is C17H13F2N3O3. The third-order valence-corrected chi connectivity index (χ3v) is 3.65. The van der Waals surface area contributed by atoms with Gasteiger partial charge < -0.3 is 10.6 Å². The van der Waals surface area contributed by atoms with Crippen LogP contribution in [0.2, 0.25) is 0 Å². The van der Waals surface area contributed by atoms with E-state index in [1.54, 1.807) is 18.2 Å². The van der Waals surface area contributed by atoms with Crippen molar-refractivity contribution >= 4 is 23.5 Å². The van der Waals surface area contributed by atoms with Gasteiger partial charge in [-0.15, -0.1) is 0 Å². The summed E-state index contributed by atoms with van der Waals surface area (Å²) in [6.07, 6.45) is 0. The number of rotatable bonds is 4. The molecule has 1 saturated heterocycles. The number of halogens is 2. The molecule has 1 aliphatic heterocycles. The van der Waals surface area contributed by atoms with Crippen LogP contribution in [-0.2, 0) is 11.3 Å². The molecule has 0 radical (unpaired) electrons. The molecule has 6 nitrogen and oxygen atoms in total. The molecule has 0 bridgehead atoms. The van der Waals surface area contributed by atoms with E-state index in [-0.39, 0.29) is 24.3 Å². The zero-order valence-corrected chi connectivity index (χ0v) is 12.9. The Morgan fingerprint density at radius 3 is 2.44 bits per heavy atom. The molecule has 2 aromatic rings. The van der Waals surface area contributed by atoms with Crippen molar-refractivity contribution in [3.8, 4) is 0 Å². The molecule has 8 heteroatoms. The first-order valence-electron chi connectivity index (χ1n) is 7.37. The van der Waals surface area contributed by atoms with E-state index in [0.717, 1.165) is 17.0 Å². The van der Waals surface area contributed by atoms with E-state index in [4.69, 9.17) is 0 Å². The highest BCUT2D eigenvalue weighted by Gasteiger charge is 2.29. The van der Waals surface area contributed by atoms with E-state index in [9.17, 15) is 23.2 Å². The van der Waals surface area contributed by atoms with Crippen molar-refractivity contribution < 1.29 is 23.2 Å². The minimum atomic E-state index is -0.817. The molecule has 1 aliphatic rings. The number of hydrogen-bond donors (Lipinski definition) is 2. The minimum absolute atomic E-state index is 0.0349. The summed E-state index contributed by atoms with van der Waals surface area (Å²) in [5.41, 5.74) is 0.592. The molecule has 0 aromatic heterocycles. The summed E-state index contributed by atoms with van der Waals surface area (Å²) in [4.78, 5) is 36.8. The second kappa shape index (κ2) is 6.68. The van der Waals surface area contributed by atoms with Crippen LogP contribution in [0, 0.1) is 11.6 Å². The highest BCUT2D eigenvalue weighted by atomic mass is 19.1. The van der Waals surface area contributed by atoms with Crippen LogP contribution in [-0.4, -0.2) is 29.3 Å². The van der Waals surface area contributed by atoms with Crippen LogP contribution in [0.3, 0.4) is 0 Å². The van der Waals surface area contributed by atoms with E-state index in [2.05, 4.69) is 10.6 Å². The number of anilines is 1. The van der Waals surface area contributed by atoms with Crippen LogP contribution in [0.5, 0.6) is 0 Å². The Balaban J connectivity index is 1.83. The van der Waals surface area contributed by atoms with Crippen LogP contribution in [0.4, 0.5) is 19.3 Å². The first kappa shape index (κ1) is 16.6. The van der Waals surface area contributed by atoms with Crippen molar-refractivity contribution in [1.82, 2.24) is 10.2 Å². The summed E-state index contributed by atoms with van der Waals surface area (Å²) < 4.78 is 26.5. The highest BCUT2D eigenvalue weighted by Crippen LogP contribution is 2.18. The average Bonchev–Trinajstić information content (AvgIpc) is 2.86. The Labute approximate surface area is 141 Å². The first-order valence-corrected chi connectivity index (χ1v) is 7.37. The van der Waals surface area contributed by atoms with Crippen LogP contribution in [0.15, 0.2) is 42.5 Å². The van der Waals surface area contributed by atoms with Crippen LogP contribution < -0.4 is 10.6 Å². The van der Waals surface area contributed by atoms with Gasteiger partial charge in [0.2, 0.25) is 5.91 Å². The maximum atomic E-state index is 13.2. The van der Waals surface area contributed by atoms with Gasteiger partial charge in [-0.05, 0) is 23.8 Å². The largest absolute Gasteiger partial charge is 0.329 e. The fourth-order valence-electron chi connectivity index (χ4n) is 2.49. The summed E-state index contributed by atoms with van der Waals surface area (Å²) >= 11 is 0. The van der Waals surface area contributed by atoms with Gasteiger partial charge >= 0.3 is 6.03 Å². The van der Waals surface area contributed by atoms with Crippen LogP contribution >= 0.6 is 0 Å². The second-order valence-electron chi connectivity index (χ2n) is 5.41. The summed E-state index contributed by atoms with van der Waals surface area (Å²) in [6, 6.07) is 8.50. The fraction of sp³-hybridized carbons (Fsp3) is 0.118. The molecule has 0 atom stereocenters. The molecule has 1 heterocycles. The molecule has 0 spiro atoms. The third kappa shape index (κ3) is 3.63. The Morgan fingerprint density at radius 1 is 1.12 bits per heavy atom. The SMILES string of the molecule is O=C(Nc1cc(F)cc(F)c1)c1ccccc1CN1C(=O)CNC1=O. The normalized spacial score (nSPS) is 13.8. The molecule has 128 valence electrons. The van der Waals surface area contributed by atoms with Crippen molar-refractivity contribution in [2.45, 2.75) is 6.54 Å². The summed E-state index contributed by atoms with van der Waals surface area (Å²) in [5.74, 6) is -2.63. The number of carbonyl (C=O) groups is 3. The molecule has 1 fully saturated rings. The van der Waals surface area contributed by atoms with Gasteiger partial charge in [0.05, 0.1) is 13.1 Å². The summed E-state index contributed by atoms with van der Waals surface area (Å²) in [5, 5.41) is 4.80. The van der Waals surface area contributed by atoms with Crippen LogP contribution in [0.1, 0.15) is 15.9 Å². The second-order valence-corrected chi connectivity index (χ2v) is 5.41. The molecule has 0 aliphatic carbocycles. The quantitative estimate of drug-likeness (QED) is 0.835. The zero-order chi connectivity index (χ0) is 18.0. The average molecular weight is 345 g/mol. The van der Waals surface area contributed by atoms with E-state index in [0.29, 0.717) is 11.6 Å². The van der Waals surface area contributed by atoms with Gasteiger partial charge in [0, 0.05) is 17.3 Å². The van der Waals surface area contributed by atoms with E-state index >= 15 is 0 Å². The summed E-state index contributed by atoms with van der Waals surface area (Å²) in [6.45, 7) is -0.165. The van der Waals surface area contributed by atoms with Crippen LogP contribution in [0.25, 0.3) is 0 Å². The lowest BCUT2D eigenvalue weighted by Gasteiger charge is -2.15. The standard InChI is InChI=1S/C17H13F2N3O3/c18-11-5-12(19)7-13(6-11)21-16(24)14-4-2-1-3-10(14)9-22-15(23)8-20-17(22)25/h1-7H,8-9H2,(H,20,25)(H,21,24). The van der Waals surface area contributed by atoms with Gasteiger partial charge in [0.25, 0.3) is 5.91 Å². The van der Waals surface area contributed by atoms with Crippen molar-refractivity contribution in [3.05, 3.63) is 65.2 Å². The van der Waals surface area contributed by atoms with Crippen molar-refractivity contribution in [2.24, 2.45) is 0 Å². The van der Waals surface area contributed by atoms with Gasteiger partial charge in [-0.3, -0.25) is 14.5 Å². The maximum absolute atomic E-state index is 13.2. The van der Waals surface area contributed by atoms with Gasteiger partial charge in [0.1, 0.15) is 11.6 Å². The zero-order valence-electron chi connectivity index (χ0n) is 12.9. The lowest BCUT2D eigenvalue weighted by atomic mass is 10.1. The van der Waals surface area contributed by atoms with Crippen molar-refractivity contribution in [2.75, 3.05) is 11.9 Å². The molecule has 3 rings (SSSR count). The number of nitrogens with zero attached hydrogens (tertiary/aromatic N) is 1. The van der Waals surface area contributed by atoms with E-state index in [1.807, 2.05) is 0 Å². The molecule has 2 N–H and O–H groups in total. The highest BCUT2D eigenvalue weighted by molar-refractivity contribution is 6.06. The molecule has 0 saturated carbocycles. The lowest BCUT2D eigenvalue weighted by Crippen LogP contribution is -2.31. The summed E-state index contributed by atoms with van der Waals surface area (Å²) in [7, 11) is 0. The number of nitrogens with one attached hydrogen (secondary N) is 2. The predicted molar refractivity (Wildman–Crippen MR) is 84.7 cm³/mol. The maximum Gasteiger partial charge on any atom is 0.324 e. The topological polar surface area (TPSA) is 78.5 Å². The Morgan fingerprint density at radius 2 is 1.80 bits per heavy atom. The first-order chi connectivity index (χ1) is 11.9. The molecule has 25 heavy (non-hydrogen) atoms. The molecule has 2 aromatic carbocycles. The third-order valence-electron chi connectivity index (χ3n) is 3.65. The Hall–Kier alpha value is -3.29. The minimum Gasteiger partial charge on any atom is -0.329 e. The molecular weight excluding hydrogens is 332 g/mol. The number of benzene rings is 2. The number of carbonyl (C=O) groups excluding carboxylic acids is 3. The number of imide groups is 1. The number of urea groups is 1. The van der Waals surface area contributed by atoms with Gasteiger partial charge in [0.15, 0.2) is 0 Å². The smallest absolute Gasteiger partial charge is 0.324 e. The van der Waals surface area contributed by atoms with Gasteiger partial charge in [-0.25, -0.2) is 13.6 Å². The van der Waals surface area contributed by atoms with Crippen molar-refractivity contribution in [3.63, 3.8) is 0 Å². The Bertz CT molecular complexity index is 834. The fourth-order valence-corrected chi connectivity index (χ4v) is 2.49. The monoisotopic (exact) mass is 345 g/mol. The number of hydrogen-bond acceptors (Lipinski definition) is 3. The van der Waals surface area contributed by atoms with Crippen molar-refractivity contribution in [1.29, 1.82) is 0 Å².